The first kappa shape index (κ1) is 10.5. The number of aliphatic imine (C=N–C) groups is 1. The van der Waals surface area contributed by atoms with Crippen molar-refractivity contribution in [1.29, 1.82) is 0 Å². The Labute approximate surface area is 103 Å². The Bertz CT molecular complexity index is 601. The molecule has 2 heterocycles. The van der Waals surface area contributed by atoms with Crippen LogP contribution in [0.2, 0.25) is 0 Å². The fraction of sp³-hybridized carbons (Fsp3) is 0.364. The minimum atomic E-state index is 0.825. The second kappa shape index (κ2) is 3.96. The third-order valence-electron chi connectivity index (χ3n) is 2.99. The van der Waals surface area contributed by atoms with Gasteiger partial charge in [0.25, 0.3) is 0 Å². The molecular weight excluding hydrogens is 234 g/mol. The molecule has 2 N–H and O–H groups in total. The van der Waals surface area contributed by atoms with Gasteiger partial charge in [0.1, 0.15) is 11.0 Å². The maximum absolute atomic E-state index is 4.35. The van der Waals surface area contributed by atoms with Crippen LogP contribution < -0.4 is 10.6 Å². The largest absolute Gasteiger partial charge is 0.354 e. The molecular formula is C11H13N5S. The third-order valence-corrected chi connectivity index (χ3v) is 3.53. The summed E-state index contributed by atoms with van der Waals surface area (Å²) in [5.41, 5.74) is 5.29. The van der Waals surface area contributed by atoms with Crippen LogP contribution in [-0.4, -0.2) is 27.8 Å². The minimum absolute atomic E-state index is 0.825. The second-order valence-electron chi connectivity index (χ2n) is 4.11. The van der Waals surface area contributed by atoms with Gasteiger partial charge < -0.3 is 10.6 Å². The van der Waals surface area contributed by atoms with E-state index < -0.39 is 0 Å². The fourth-order valence-corrected chi connectivity index (χ4v) is 2.44. The van der Waals surface area contributed by atoms with Gasteiger partial charge in [-0.3, -0.25) is 4.99 Å². The summed E-state index contributed by atoms with van der Waals surface area (Å²) >= 11 is 1.24. The highest BCUT2D eigenvalue weighted by atomic mass is 32.1. The van der Waals surface area contributed by atoms with Gasteiger partial charge in [-0.15, -0.1) is 0 Å². The topological polar surface area (TPSA) is 62.2 Å². The number of guanidine groups is 1. The average Bonchev–Trinajstić information content (AvgIpc) is 2.94. The number of rotatable bonds is 1. The Balaban J connectivity index is 2.12. The van der Waals surface area contributed by atoms with E-state index in [-0.39, 0.29) is 0 Å². The van der Waals surface area contributed by atoms with E-state index in [1.165, 1.54) is 22.9 Å². The van der Waals surface area contributed by atoms with Crippen molar-refractivity contribution in [3.63, 3.8) is 0 Å². The summed E-state index contributed by atoms with van der Waals surface area (Å²) in [5.74, 6) is 0.827. The molecule has 0 amide bonds. The lowest BCUT2D eigenvalue weighted by Crippen LogP contribution is -2.26. The van der Waals surface area contributed by atoms with Gasteiger partial charge in [0, 0.05) is 6.54 Å². The molecule has 17 heavy (non-hydrogen) atoms. The molecule has 0 aliphatic carbocycles. The van der Waals surface area contributed by atoms with Crippen molar-refractivity contribution in [1.82, 2.24) is 14.1 Å². The Morgan fingerprint density at radius 2 is 2.24 bits per heavy atom. The van der Waals surface area contributed by atoms with E-state index in [4.69, 9.17) is 0 Å². The van der Waals surface area contributed by atoms with Crippen LogP contribution in [0.5, 0.6) is 0 Å². The van der Waals surface area contributed by atoms with Crippen molar-refractivity contribution in [3.8, 4) is 0 Å². The van der Waals surface area contributed by atoms with Crippen LogP contribution in [0.25, 0.3) is 11.0 Å². The zero-order valence-corrected chi connectivity index (χ0v) is 10.6. The van der Waals surface area contributed by atoms with Gasteiger partial charge >= 0.3 is 0 Å². The van der Waals surface area contributed by atoms with E-state index in [1.807, 2.05) is 0 Å². The number of aromatic nitrogens is 2. The van der Waals surface area contributed by atoms with E-state index >= 15 is 0 Å². The summed E-state index contributed by atoms with van der Waals surface area (Å²) in [4.78, 5) is 4.34. The quantitative estimate of drug-likeness (QED) is 0.805. The molecule has 1 aliphatic heterocycles. The summed E-state index contributed by atoms with van der Waals surface area (Å²) in [6, 6.07) is 2.07. The van der Waals surface area contributed by atoms with Crippen molar-refractivity contribution in [2.45, 2.75) is 13.8 Å². The molecule has 0 saturated carbocycles. The van der Waals surface area contributed by atoms with Crippen molar-refractivity contribution in [2.75, 3.05) is 18.4 Å². The van der Waals surface area contributed by atoms with Crippen LogP contribution in [0.3, 0.4) is 0 Å². The lowest BCUT2D eigenvalue weighted by atomic mass is 10.1. The number of hydrogen-bond donors (Lipinski definition) is 2. The Hall–Kier alpha value is -1.69. The fourth-order valence-electron chi connectivity index (χ4n) is 1.90. The molecule has 0 radical (unpaired) electrons. The van der Waals surface area contributed by atoms with Crippen LogP contribution in [0.1, 0.15) is 11.1 Å². The first-order valence-corrected chi connectivity index (χ1v) is 6.26. The number of benzene rings is 1. The molecule has 0 spiro atoms. The van der Waals surface area contributed by atoms with Gasteiger partial charge in [0.05, 0.1) is 24.0 Å². The highest BCUT2D eigenvalue weighted by molar-refractivity contribution is 7.00. The molecule has 6 heteroatoms. The van der Waals surface area contributed by atoms with Gasteiger partial charge in [-0.25, -0.2) is 0 Å². The van der Waals surface area contributed by atoms with Gasteiger partial charge in [-0.1, -0.05) is 0 Å². The smallest absolute Gasteiger partial charge is 0.195 e. The Kier molecular flexibility index (Phi) is 2.44. The molecule has 1 aromatic heterocycles. The molecule has 88 valence electrons. The standard InChI is InChI=1S/C11H13N5S/c1-6-5-8-10(16-17-15-8)9(7(6)2)14-11-12-3-4-13-11/h5H,3-4H2,1-2H3,(H2,12,13,14). The number of nitrogens with one attached hydrogen (secondary N) is 2. The highest BCUT2D eigenvalue weighted by Crippen LogP contribution is 2.28. The summed E-state index contributed by atoms with van der Waals surface area (Å²) in [6.45, 7) is 5.90. The van der Waals surface area contributed by atoms with Crippen LogP contribution in [0.15, 0.2) is 11.1 Å². The summed E-state index contributed by atoms with van der Waals surface area (Å²) in [6.07, 6.45) is 0. The van der Waals surface area contributed by atoms with Crippen LogP contribution in [-0.2, 0) is 0 Å². The molecule has 5 nitrogen and oxygen atoms in total. The molecule has 3 rings (SSSR count). The average molecular weight is 247 g/mol. The number of fused-ring (bicyclic) bond motifs is 1. The van der Waals surface area contributed by atoms with Crippen molar-refractivity contribution >= 4 is 34.4 Å². The lowest BCUT2D eigenvalue weighted by molar-refractivity contribution is 0.959. The monoisotopic (exact) mass is 247 g/mol. The second-order valence-corrected chi connectivity index (χ2v) is 4.64. The normalized spacial score (nSPS) is 14.8. The summed E-state index contributed by atoms with van der Waals surface area (Å²) in [7, 11) is 0. The number of aryl methyl sites for hydroxylation is 1. The molecule has 1 aliphatic rings. The van der Waals surface area contributed by atoms with E-state index in [9.17, 15) is 0 Å². The predicted octanol–water partition coefficient (Wildman–Crippen LogP) is 1.68. The molecule has 0 unspecified atom stereocenters. The predicted molar refractivity (Wildman–Crippen MR) is 70.8 cm³/mol. The SMILES string of the molecule is Cc1cc2nsnc2c(NC2=NCCN2)c1C. The van der Waals surface area contributed by atoms with Crippen LogP contribution in [0, 0.1) is 13.8 Å². The van der Waals surface area contributed by atoms with Crippen LogP contribution >= 0.6 is 11.7 Å². The lowest BCUT2D eigenvalue weighted by Gasteiger charge is -2.12. The van der Waals surface area contributed by atoms with E-state index in [0.717, 1.165) is 35.8 Å². The molecule has 1 aromatic carbocycles. The number of anilines is 1. The van der Waals surface area contributed by atoms with Gasteiger partial charge in [0.2, 0.25) is 0 Å². The van der Waals surface area contributed by atoms with E-state index in [2.05, 4.69) is 44.3 Å². The molecule has 0 saturated heterocycles. The minimum Gasteiger partial charge on any atom is -0.354 e. The molecule has 2 aromatic rings. The zero-order chi connectivity index (χ0) is 11.8. The number of hydrogen-bond acceptors (Lipinski definition) is 6. The Morgan fingerprint density at radius 3 is 3.00 bits per heavy atom. The van der Waals surface area contributed by atoms with Gasteiger partial charge in [-0.2, -0.15) is 8.75 Å². The maximum atomic E-state index is 4.35. The molecule has 0 fully saturated rings. The molecule has 0 atom stereocenters. The van der Waals surface area contributed by atoms with Crippen molar-refractivity contribution in [3.05, 3.63) is 17.2 Å². The first-order chi connectivity index (χ1) is 8.25. The Morgan fingerprint density at radius 1 is 1.35 bits per heavy atom. The van der Waals surface area contributed by atoms with Crippen molar-refractivity contribution < 1.29 is 0 Å². The van der Waals surface area contributed by atoms with Crippen LogP contribution in [0.4, 0.5) is 5.69 Å². The van der Waals surface area contributed by atoms with Gasteiger partial charge in [0.15, 0.2) is 5.96 Å². The summed E-state index contributed by atoms with van der Waals surface area (Å²) < 4.78 is 8.63. The number of nitrogens with zero attached hydrogens (tertiary/aromatic N) is 3. The molecule has 0 bridgehead atoms. The third kappa shape index (κ3) is 1.74. The summed E-state index contributed by atoms with van der Waals surface area (Å²) in [5, 5.41) is 6.52. The highest BCUT2D eigenvalue weighted by Gasteiger charge is 2.14. The van der Waals surface area contributed by atoms with Crippen molar-refractivity contribution in [2.24, 2.45) is 4.99 Å². The maximum Gasteiger partial charge on any atom is 0.195 e. The van der Waals surface area contributed by atoms with Gasteiger partial charge in [-0.05, 0) is 31.0 Å². The zero-order valence-electron chi connectivity index (χ0n) is 9.74. The van der Waals surface area contributed by atoms with E-state index in [0.29, 0.717) is 0 Å². The van der Waals surface area contributed by atoms with E-state index in [1.54, 1.807) is 0 Å². The first-order valence-electron chi connectivity index (χ1n) is 5.53.